The fourth-order valence-corrected chi connectivity index (χ4v) is 2.87. The highest BCUT2D eigenvalue weighted by atomic mass is 32.2. The summed E-state index contributed by atoms with van der Waals surface area (Å²) in [7, 11) is -4.19. The molecule has 0 spiro atoms. The minimum Gasteiger partial charge on any atom is -0.488 e. The highest BCUT2D eigenvalue weighted by Crippen LogP contribution is 2.40. The Morgan fingerprint density at radius 2 is 1.85 bits per heavy atom. The number of rotatable bonds is 4. The zero-order valence-electron chi connectivity index (χ0n) is 10.6. The van der Waals surface area contributed by atoms with Crippen LogP contribution in [-0.2, 0) is 23.5 Å². The van der Waals surface area contributed by atoms with Crippen molar-refractivity contribution in [1.82, 2.24) is 0 Å². The van der Waals surface area contributed by atoms with E-state index in [1.54, 1.807) is 18.2 Å². The van der Waals surface area contributed by atoms with Crippen LogP contribution >= 0.6 is 0 Å². The van der Waals surface area contributed by atoms with Crippen LogP contribution in [0, 0.1) is 0 Å². The van der Waals surface area contributed by atoms with Crippen molar-refractivity contribution in [3.63, 3.8) is 0 Å². The third kappa shape index (κ3) is 2.35. The normalized spacial score (nSPS) is 13.6. The van der Waals surface area contributed by atoms with Crippen LogP contribution in [0.1, 0.15) is 11.1 Å². The van der Waals surface area contributed by atoms with Crippen molar-refractivity contribution in [2.24, 2.45) is 0 Å². The van der Waals surface area contributed by atoms with Gasteiger partial charge in [0.1, 0.15) is 12.4 Å². The highest BCUT2D eigenvalue weighted by Gasteiger charge is 2.33. The summed E-state index contributed by atoms with van der Waals surface area (Å²) in [5, 5.41) is 0. The van der Waals surface area contributed by atoms with Gasteiger partial charge in [-0.05, 0) is 17.7 Å². The van der Waals surface area contributed by atoms with Crippen molar-refractivity contribution in [2.75, 3.05) is 4.31 Å². The minimum absolute atomic E-state index is 0.138. The molecule has 5 nitrogen and oxygen atoms in total. The lowest BCUT2D eigenvalue weighted by Gasteiger charge is -2.33. The van der Waals surface area contributed by atoms with E-state index in [0.717, 1.165) is 15.4 Å². The van der Waals surface area contributed by atoms with Gasteiger partial charge in [-0.15, -0.1) is 0 Å². The van der Waals surface area contributed by atoms with E-state index >= 15 is 0 Å². The average molecular weight is 291 g/mol. The molecule has 1 N–H and O–H groups in total. The van der Waals surface area contributed by atoms with Crippen LogP contribution in [0.5, 0.6) is 5.75 Å². The summed E-state index contributed by atoms with van der Waals surface area (Å²) >= 11 is 0. The topological polar surface area (TPSA) is 66.8 Å². The summed E-state index contributed by atoms with van der Waals surface area (Å²) in [6, 6.07) is 14.9. The third-order valence-electron chi connectivity index (χ3n) is 3.19. The lowest BCUT2D eigenvalue weighted by Crippen LogP contribution is -2.37. The average Bonchev–Trinajstić information content (AvgIpc) is 2.37. The fourth-order valence-electron chi connectivity index (χ4n) is 2.16. The van der Waals surface area contributed by atoms with Gasteiger partial charge in [0.2, 0.25) is 0 Å². The van der Waals surface area contributed by atoms with Crippen LogP contribution in [-0.4, -0.2) is 13.0 Å². The maximum absolute atomic E-state index is 11.1. The standard InChI is InChI=1S/C14H13NO4S/c16-20(17,18)15-9-12-13(15)7-4-8-14(12)19-10-11-5-2-1-3-6-11/h1-8H,9-10H2,(H,16,17,18). The van der Waals surface area contributed by atoms with Crippen LogP contribution in [0.25, 0.3) is 0 Å². The van der Waals surface area contributed by atoms with Crippen molar-refractivity contribution in [3.05, 3.63) is 59.7 Å². The molecule has 0 atom stereocenters. The lowest BCUT2D eigenvalue weighted by atomic mass is 10.1. The van der Waals surface area contributed by atoms with Gasteiger partial charge in [-0.25, -0.2) is 4.31 Å². The molecule has 0 aliphatic carbocycles. The van der Waals surface area contributed by atoms with Gasteiger partial charge in [-0.3, -0.25) is 4.55 Å². The van der Waals surface area contributed by atoms with Crippen molar-refractivity contribution < 1.29 is 17.7 Å². The van der Waals surface area contributed by atoms with E-state index in [1.165, 1.54) is 0 Å². The molecule has 0 fully saturated rings. The molecule has 0 radical (unpaired) electrons. The number of benzene rings is 2. The largest absolute Gasteiger partial charge is 0.488 e. The smallest absolute Gasteiger partial charge is 0.360 e. The first-order valence-corrected chi connectivity index (χ1v) is 7.49. The van der Waals surface area contributed by atoms with E-state index in [0.29, 0.717) is 18.0 Å². The second-order valence-electron chi connectivity index (χ2n) is 4.51. The summed E-state index contributed by atoms with van der Waals surface area (Å²) in [6.45, 7) is 0.558. The molecule has 104 valence electrons. The SMILES string of the molecule is O=S(=O)(O)N1Cc2c(OCc3ccccc3)cccc21. The van der Waals surface area contributed by atoms with Crippen molar-refractivity contribution in [1.29, 1.82) is 0 Å². The lowest BCUT2D eigenvalue weighted by molar-refractivity contribution is 0.301. The van der Waals surface area contributed by atoms with E-state index in [1.807, 2.05) is 30.3 Å². The Balaban J connectivity index is 1.79. The molecule has 0 bridgehead atoms. The number of ether oxygens (including phenoxy) is 1. The fraction of sp³-hybridized carbons (Fsp3) is 0.143. The predicted octanol–water partition coefficient (Wildman–Crippen LogP) is 2.39. The molecule has 1 aliphatic heterocycles. The number of anilines is 1. The minimum atomic E-state index is -4.19. The molecule has 1 heterocycles. The van der Waals surface area contributed by atoms with Gasteiger partial charge in [-0.2, -0.15) is 8.42 Å². The van der Waals surface area contributed by atoms with Gasteiger partial charge in [0, 0.05) is 5.56 Å². The van der Waals surface area contributed by atoms with E-state index in [4.69, 9.17) is 9.29 Å². The third-order valence-corrected chi connectivity index (χ3v) is 4.08. The highest BCUT2D eigenvalue weighted by molar-refractivity contribution is 7.87. The van der Waals surface area contributed by atoms with Crippen LogP contribution < -0.4 is 9.04 Å². The van der Waals surface area contributed by atoms with Gasteiger partial charge >= 0.3 is 10.3 Å². The first kappa shape index (κ1) is 13.0. The van der Waals surface area contributed by atoms with E-state index in [-0.39, 0.29) is 6.54 Å². The Morgan fingerprint density at radius 1 is 1.10 bits per heavy atom. The van der Waals surface area contributed by atoms with Crippen molar-refractivity contribution >= 4 is 16.0 Å². The van der Waals surface area contributed by atoms with Gasteiger partial charge in [-0.1, -0.05) is 36.4 Å². The Morgan fingerprint density at radius 3 is 2.55 bits per heavy atom. The van der Waals surface area contributed by atoms with Crippen molar-refractivity contribution in [3.8, 4) is 5.75 Å². The molecule has 0 saturated heterocycles. The molecule has 20 heavy (non-hydrogen) atoms. The van der Waals surface area contributed by atoms with Gasteiger partial charge in [0.05, 0.1) is 12.2 Å². The summed E-state index contributed by atoms with van der Waals surface area (Å²) in [5.41, 5.74) is 2.30. The summed E-state index contributed by atoms with van der Waals surface area (Å²) in [4.78, 5) is 0. The Labute approximate surface area is 117 Å². The van der Waals surface area contributed by atoms with Gasteiger partial charge < -0.3 is 4.74 Å². The van der Waals surface area contributed by atoms with E-state index in [9.17, 15) is 8.42 Å². The molecule has 0 saturated carbocycles. The second-order valence-corrected chi connectivity index (χ2v) is 5.85. The van der Waals surface area contributed by atoms with Crippen molar-refractivity contribution in [2.45, 2.75) is 13.2 Å². The molecule has 2 aromatic rings. The maximum atomic E-state index is 11.1. The zero-order valence-corrected chi connectivity index (χ0v) is 11.4. The zero-order chi connectivity index (χ0) is 14.2. The molecule has 0 aromatic heterocycles. The maximum Gasteiger partial charge on any atom is 0.360 e. The molecule has 1 aliphatic rings. The van der Waals surface area contributed by atoms with Crippen LogP contribution in [0.4, 0.5) is 5.69 Å². The summed E-state index contributed by atoms with van der Waals surface area (Å²) < 4.78 is 37.9. The molecule has 0 unspecified atom stereocenters. The molecule has 3 rings (SSSR count). The molecule has 0 amide bonds. The number of hydrogen-bond acceptors (Lipinski definition) is 3. The number of nitrogens with zero attached hydrogens (tertiary/aromatic N) is 1. The van der Waals surface area contributed by atoms with Crippen LogP contribution in [0.2, 0.25) is 0 Å². The first-order chi connectivity index (χ1) is 9.55. The van der Waals surface area contributed by atoms with Crippen LogP contribution in [0.15, 0.2) is 48.5 Å². The van der Waals surface area contributed by atoms with E-state index < -0.39 is 10.3 Å². The summed E-state index contributed by atoms with van der Waals surface area (Å²) in [6.07, 6.45) is 0. The van der Waals surface area contributed by atoms with Gasteiger partial charge in [0.25, 0.3) is 0 Å². The predicted molar refractivity (Wildman–Crippen MR) is 74.9 cm³/mol. The second kappa shape index (κ2) is 4.81. The molecule has 6 heteroatoms. The monoisotopic (exact) mass is 291 g/mol. The van der Waals surface area contributed by atoms with Crippen LogP contribution in [0.3, 0.4) is 0 Å². The molecular weight excluding hydrogens is 278 g/mol. The number of hydrogen-bond donors (Lipinski definition) is 1. The quantitative estimate of drug-likeness (QED) is 0.878. The van der Waals surface area contributed by atoms with E-state index in [2.05, 4.69) is 0 Å². The Kier molecular flexibility index (Phi) is 3.11. The summed E-state index contributed by atoms with van der Waals surface area (Å²) in [5.74, 6) is 0.645. The van der Waals surface area contributed by atoms with Gasteiger partial charge in [0.15, 0.2) is 0 Å². The Bertz CT molecular complexity index is 728. The molecular formula is C14H13NO4S. The number of fused-ring (bicyclic) bond motifs is 1. The Hall–Kier alpha value is -2.05. The molecule has 2 aromatic carbocycles. The first-order valence-electron chi connectivity index (χ1n) is 6.09.